The van der Waals surface area contributed by atoms with Gasteiger partial charge in [-0.1, -0.05) is 18.2 Å². The summed E-state index contributed by atoms with van der Waals surface area (Å²) in [4.78, 5) is 13.9. The molecule has 0 radical (unpaired) electrons. The number of carbonyl (C=O) groups is 1. The van der Waals surface area contributed by atoms with Crippen molar-refractivity contribution in [1.29, 1.82) is 0 Å². The second kappa shape index (κ2) is 7.68. The van der Waals surface area contributed by atoms with Crippen LogP contribution in [0.15, 0.2) is 30.3 Å². The number of rotatable bonds is 4. The van der Waals surface area contributed by atoms with Crippen LogP contribution in [0.5, 0.6) is 0 Å². The quantitative estimate of drug-likeness (QED) is 0.851. The fourth-order valence-electron chi connectivity index (χ4n) is 5.02. The number of amides is 1. The second-order valence-electron chi connectivity index (χ2n) is 8.46. The Hall–Kier alpha value is -2.18. The van der Waals surface area contributed by atoms with E-state index in [4.69, 9.17) is 5.10 Å². The third kappa shape index (κ3) is 3.71. The van der Waals surface area contributed by atoms with Gasteiger partial charge in [0.25, 0.3) is 0 Å². The smallest absolute Gasteiger partial charge is 0.217 e. The van der Waals surface area contributed by atoms with Crippen molar-refractivity contribution in [3.63, 3.8) is 0 Å². The van der Waals surface area contributed by atoms with Gasteiger partial charge in [-0.3, -0.25) is 9.69 Å². The maximum atomic E-state index is 11.4. The molecule has 6 heteroatoms. The highest BCUT2D eigenvalue weighted by Crippen LogP contribution is 2.37. The van der Waals surface area contributed by atoms with E-state index in [0.29, 0.717) is 11.8 Å². The molecule has 1 amide bonds. The molecule has 2 N–H and O–H groups in total. The van der Waals surface area contributed by atoms with Gasteiger partial charge < -0.3 is 10.4 Å². The van der Waals surface area contributed by atoms with Crippen molar-refractivity contribution in [3.05, 3.63) is 47.3 Å². The van der Waals surface area contributed by atoms with Crippen LogP contribution in [0.4, 0.5) is 0 Å². The zero-order valence-corrected chi connectivity index (χ0v) is 16.9. The highest BCUT2D eigenvalue weighted by atomic mass is 16.3. The summed E-state index contributed by atoms with van der Waals surface area (Å²) in [7, 11) is 0. The second-order valence-corrected chi connectivity index (χ2v) is 8.46. The van der Waals surface area contributed by atoms with Gasteiger partial charge in [0.05, 0.1) is 23.5 Å². The largest absolute Gasteiger partial charge is 0.391 e. The summed E-state index contributed by atoms with van der Waals surface area (Å²) in [6, 6.07) is 10.1. The average Bonchev–Trinajstić information content (AvgIpc) is 3.17. The van der Waals surface area contributed by atoms with Crippen LogP contribution >= 0.6 is 0 Å². The van der Waals surface area contributed by atoms with Crippen LogP contribution in [-0.2, 0) is 11.3 Å². The van der Waals surface area contributed by atoms with Crippen LogP contribution < -0.4 is 5.32 Å². The van der Waals surface area contributed by atoms with Gasteiger partial charge in [0, 0.05) is 37.8 Å². The van der Waals surface area contributed by atoms with E-state index in [1.807, 2.05) is 22.9 Å². The lowest BCUT2D eigenvalue weighted by atomic mass is 9.77. The number of aliphatic hydroxyl groups excluding tert-OH is 1. The first-order valence-corrected chi connectivity index (χ1v) is 10.2. The molecule has 2 aliphatic rings. The number of para-hydroxylation sites is 1. The topological polar surface area (TPSA) is 70.4 Å². The summed E-state index contributed by atoms with van der Waals surface area (Å²) >= 11 is 0. The summed E-state index contributed by atoms with van der Waals surface area (Å²) in [5, 5.41) is 18.1. The van der Waals surface area contributed by atoms with Gasteiger partial charge in [0.1, 0.15) is 0 Å². The van der Waals surface area contributed by atoms with Crippen LogP contribution in [0.25, 0.3) is 5.69 Å². The van der Waals surface area contributed by atoms with E-state index in [2.05, 4.69) is 36.2 Å². The fourth-order valence-corrected chi connectivity index (χ4v) is 5.02. The summed E-state index contributed by atoms with van der Waals surface area (Å²) in [5.41, 5.74) is 4.65. The number of aliphatic hydroxyl groups is 1. The molecule has 1 aromatic heterocycles. The van der Waals surface area contributed by atoms with E-state index in [1.54, 1.807) is 0 Å². The maximum absolute atomic E-state index is 11.4. The average molecular weight is 383 g/mol. The molecule has 0 bridgehead atoms. The molecule has 150 valence electrons. The lowest BCUT2D eigenvalue weighted by molar-refractivity contribution is -0.121. The van der Waals surface area contributed by atoms with Gasteiger partial charge in [-0.15, -0.1) is 0 Å². The molecule has 2 heterocycles. The number of nitrogens with zero attached hydrogens (tertiary/aromatic N) is 3. The molecular formula is C22H30N4O2. The molecule has 1 saturated carbocycles. The predicted molar refractivity (Wildman–Crippen MR) is 108 cm³/mol. The standard InChI is InChI=1S/C22H30N4O2/c1-14-20(15(2)26(24-14)19-7-5-4-6-8-19)13-25-11-17-9-21(23-16(3)27)22(28)10-18(17)12-25/h4-8,17-18,21-22,28H,9-13H2,1-3H3,(H,23,27)/t17-,18+,21-,22-/m1/s1. The molecule has 4 rings (SSSR count). The molecule has 1 aliphatic heterocycles. The third-order valence-electron chi connectivity index (χ3n) is 6.43. The molecule has 4 atom stereocenters. The monoisotopic (exact) mass is 382 g/mol. The molecule has 28 heavy (non-hydrogen) atoms. The van der Waals surface area contributed by atoms with Crippen molar-refractivity contribution in [1.82, 2.24) is 20.0 Å². The van der Waals surface area contributed by atoms with Crippen LogP contribution in [0.1, 0.15) is 36.7 Å². The maximum Gasteiger partial charge on any atom is 0.217 e. The Kier molecular flexibility index (Phi) is 5.25. The summed E-state index contributed by atoms with van der Waals surface area (Å²) < 4.78 is 2.03. The number of aryl methyl sites for hydroxylation is 1. The Labute approximate surface area is 166 Å². The minimum absolute atomic E-state index is 0.0584. The van der Waals surface area contributed by atoms with E-state index in [0.717, 1.165) is 43.9 Å². The molecule has 0 unspecified atom stereocenters. The molecular weight excluding hydrogens is 352 g/mol. The van der Waals surface area contributed by atoms with Crippen LogP contribution in [-0.4, -0.2) is 50.9 Å². The molecule has 0 spiro atoms. The van der Waals surface area contributed by atoms with E-state index < -0.39 is 6.10 Å². The van der Waals surface area contributed by atoms with E-state index in [9.17, 15) is 9.90 Å². The van der Waals surface area contributed by atoms with Crippen LogP contribution in [0.3, 0.4) is 0 Å². The fraction of sp³-hybridized carbons (Fsp3) is 0.545. The third-order valence-corrected chi connectivity index (χ3v) is 6.43. The lowest BCUT2D eigenvalue weighted by Gasteiger charge is -2.35. The molecule has 1 aliphatic carbocycles. The van der Waals surface area contributed by atoms with Crippen molar-refractivity contribution in [3.8, 4) is 5.69 Å². The Morgan fingerprint density at radius 2 is 1.86 bits per heavy atom. The Bertz CT molecular complexity index is 848. The molecule has 2 fully saturated rings. The highest BCUT2D eigenvalue weighted by molar-refractivity contribution is 5.73. The highest BCUT2D eigenvalue weighted by Gasteiger charge is 2.42. The number of hydrogen-bond donors (Lipinski definition) is 2. The molecule has 6 nitrogen and oxygen atoms in total. The summed E-state index contributed by atoms with van der Waals surface area (Å²) in [6.45, 7) is 8.66. The van der Waals surface area contributed by atoms with Crippen molar-refractivity contribution < 1.29 is 9.90 Å². The number of carbonyl (C=O) groups excluding carboxylic acids is 1. The zero-order chi connectivity index (χ0) is 19.8. The van der Waals surface area contributed by atoms with Crippen LogP contribution in [0, 0.1) is 25.7 Å². The molecule has 1 aromatic carbocycles. The summed E-state index contributed by atoms with van der Waals surface area (Å²) in [6.07, 6.45) is 1.20. The molecule has 1 saturated heterocycles. The number of benzene rings is 1. The van der Waals surface area contributed by atoms with Gasteiger partial charge in [-0.2, -0.15) is 5.10 Å². The number of aromatic nitrogens is 2. The van der Waals surface area contributed by atoms with Crippen molar-refractivity contribution in [2.45, 2.75) is 52.3 Å². The predicted octanol–water partition coefficient (Wildman–Crippen LogP) is 2.20. The van der Waals surface area contributed by atoms with Gasteiger partial charge in [0.2, 0.25) is 5.91 Å². The van der Waals surface area contributed by atoms with Crippen molar-refractivity contribution in [2.75, 3.05) is 13.1 Å². The normalized spacial score (nSPS) is 27.6. The zero-order valence-electron chi connectivity index (χ0n) is 16.9. The van der Waals surface area contributed by atoms with Gasteiger partial charge in [0.15, 0.2) is 0 Å². The SMILES string of the molecule is CC(=O)N[C@@H]1C[C@@H]2CN(Cc3c(C)nn(-c4ccccc4)c3C)C[C@@H]2C[C@H]1O. The Morgan fingerprint density at radius 1 is 1.18 bits per heavy atom. The van der Waals surface area contributed by atoms with Crippen LogP contribution in [0.2, 0.25) is 0 Å². The van der Waals surface area contributed by atoms with E-state index in [1.165, 1.54) is 18.2 Å². The lowest BCUT2D eigenvalue weighted by Crippen LogP contribution is -2.48. The number of hydrogen-bond acceptors (Lipinski definition) is 4. The first-order valence-electron chi connectivity index (χ1n) is 10.2. The molecule has 2 aromatic rings. The van der Waals surface area contributed by atoms with E-state index >= 15 is 0 Å². The number of nitrogens with one attached hydrogen (secondary N) is 1. The minimum Gasteiger partial charge on any atom is -0.391 e. The summed E-state index contributed by atoms with van der Waals surface area (Å²) in [5.74, 6) is 0.978. The number of fused-ring (bicyclic) bond motifs is 1. The van der Waals surface area contributed by atoms with Crippen molar-refractivity contribution in [2.24, 2.45) is 11.8 Å². The number of likely N-dealkylation sites (tertiary alicyclic amines) is 1. The Balaban J connectivity index is 1.47. The van der Waals surface area contributed by atoms with Crippen molar-refractivity contribution >= 4 is 5.91 Å². The Morgan fingerprint density at radius 3 is 2.54 bits per heavy atom. The first-order chi connectivity index (χ1) is 13.4. The first kappa shape index (κ1) is 19.2. The van der Waals surface area contributed by atoms with E-state index in [-0.39, 0.29) is 11.9 Å². The van der Waals surface area contributed by atoms with Gasteiger partial charge in [-0.25, -0.2) is 4.68 Å². The van der Waals surface area contributed by atoms with Gasteiger partial charge in [-0.05, 0) is 50.7 Å². The minimum atomic E-state index is -0.436. The van der Waals surface area contributed by atoms with Gasteiger partial charge >= 0.3 is 0 Å².